The summed E-state index contributed by atoms with van der Waals surface area (Å²) in [4.78, 5) is 23.9. The molecule has 0 unspecified atom stereocenters. The fraction of sp³-hybridized carbons (Fsp3) is 0.263. The van der Waals surface area contributed by atoms with E-state index in [-0.39, 0.29) is 17.7 Å². The summed E-state index contributed by atoms with van der Waals surface area (Å²) in [5.41, 5.74) is 5.98. The number of nitrogens with two attached hydrogens (primary N) is 1. The first kappa shape index (κ1) is 19.9. The molecule has 8 nitrogen and oxygen atoms in total. The van der Waals surface area contributed by atoms with Crippen molar-refractivity contribution in [2.24, 2.45) is 5.73 Å². The van der Waals surface area contributed by atoms with E-state index in [1.165, 1.54) is 40.6 Å². The summed E-state index contributed by atoms with van der Waals surface area (Å²) in [5.74, 6) is 0.391. The van der Waals surface area contributed by atoms with Crippen molar-refractivity contribution in [1.82, 2.24) is 0 Å². The van der Waals surface area contributed by atoms with Crippen LogP contribution in [-0.4, -0.2) is 40.3 Å². The second kappa shape index (κ2) is 8.79. The zero-order valence-electron chi connectivity index (χ0n) is 15.5. The van der Waals surface area contributed by atoms with E-state index in [0.717, 1.165) is 0 Å². The predicted octanol–water partition coefficient (Wildman–Crippen LogP) is 1.97. The highest BCUT2D eigenvalue weighted by molar-refractivity contribution is 5.96. The van der Waals surface area contributed by atoms with E-state index in [4.69, 9.17) is 29.4 Å². The van der Waals surface area contributed by atoms with Crippen LogP contribution in [0.1, 0.15) is 15.9 Å². The lowest BCUT2D eigenvalue weighted by molar-refractivity contribution is -0.133. The lowest BCUT2D eigenvalue weighted by Gasteiger charge is -2.14. The first-order valence-electron chi connectivity index (χ1n) is 7.90. The van der Waals surface area contributed by atoms with Crippen LogP contribution in [0.5, 0.6) is 28.7 Å². The van der Waals surface area contributed by atoms with Crippen LogP contribution in [-0.2, 0) is 11.2 Å². The Morgan fingerprint density at radius 2 is 1.48 bits per heavy atom. The summed E-state index contributed by atoms with van der Waals surface area (Å²) in [7, 11) is 5.91. The van der Waals surface area contributed by atoms with Gasteiger partial charge in [-0.2, -0.15) is 0 Å². The minimum absolute atomic E-state index is 0.0271. The molecule has 0 atom stereocenters. The number of hydrogen-bond acceptors (Lipinski definition) is 7. The zero-order valence-corrected chi connectivity index (χ0v) is 15.5. The summed E-state index contributed by atoms with van der Waals surface area (Å²) in [6.07, 6.45) is -0.0911. The molecule has 0 aliphatic heterocycles. The number of carbonyl (C=O) groups is 2. The Labute approximate surface area is 156 Å². The molecule has 0 spiro atoms. The molecule has 0 aliphatic carbocycles. The number of carbonyl (C=O) groups excluding carboxylic acids is 2. The van der Waals surface area contributed by atoms with Gasteiger partial charge in [-0.1, -0.05) is 0 Å². The van der Waals surface area contributed by atoms with Gasteiger partial charge in [-0.15, -0.1) is 0 Å². The van der Waals surface area contributed by atoms with Crippen LogP contribution in [0.4, 0.5) is 0 Å². The van der Waals surface area contributed by atoms with Crippen LogP contribution in [0.25, 0.3) is 0 Å². The Bertz CT molecular complexity index is 823. The van der Waals surface area contributed by atoms with Crippen LogP contribution in [0.3, 0.4) is 0 Å². The molecule has 0 aromatic heterocycles. The summed E-state index contributed by atoms with van der Waals surface area (Å²) in [6.45, 7) is 0. The van der Waals surface area contributed by atoms with Crippen molar-refractivity contribution in [3.05, 3.63) is 41.5 Å². The number of amides is 1. The second-order valence-corrected chi connectivity index (χ2v) is 5.41. The molecule has 27 heavy (non-hydrogen) atoms. The predicted molar refractivity (Wildman–Crippen MR) is 96.9 cm³/mol. The van der Waals surface area contributed by atoms with Crippen LogP contribution in [0, 0.1) is 0 Å². The van der Waals surface area contributed by atoms with Gasteiger partial charge in [0, 0.05) is 6.07 Å². The quantitative estimate of drug-likeness (QED) is 0.555. The highest BCUT2D eigenvalue weighted by atomic mass is 16.5. The lowest BCUT2D eigenvalue weighted by atomic mass is 10.1. The number of primary amides is 1. The minimum Gasteiger partial charge on any atom is -0.497 e. The van der Waals surface area contributed by atoms with E-state index in [1.54, 1.807) is 18.2 Å². The minimum atomic E-state index is -0.715. The third-order valence-electron chi connectivity index (χ3n) is 3.75. The average molecular weight is 375 g/mol. The highest BCUT2D eigenvalue weighted by Gasteiger charge is 2.18. The summed E-state index contributed by atoms with van der Waals surface area (Å²) < 4.78 is 26.2. The zero-order chi connectivity index (χ0) is 20.0. The number of benzene rings is 2. The van der Waals surface area contributed by atoms with Gasteiger partial charge >= 0.3 is 5.97 Å². The summed E-state index contributed by atoms with van der Waals surface area (Å²) in [5, 5.41) is 0. The normalized spacial score (nSPS) is 10.1. The molecule has 0 radical (unpaired) electrons. The topological polar surface area (TPSA) is 106 Å². The molecule has 8 heteroatoms. The third-order valence-corrected chi connectivity index (χ3v) is 3.75. The van der Waals surface area contributed by atoms with Gasteiger partial charge < -0.3 is 29.4 Å². The maximum atomic E-state index is 12.4. The van der Waals surface area contributed by atoms with Crippen molar-refractivity contribution < 1.29 is 33.3 Å². The van der Waals surface area contributed by atoms with Crippen LogP contribution in [0.2, 0.25) is 0 Å². The van der Waals surface area contributed by atoms with Crippen LogP contribution < -0.4 is 29.4 Å². The van der Waals surface area contributed by atoms with Crippen LogP contribution in [0.15, 0.2) is 30.3 Å². The van der Waals surface area contributed by atoms with E-state index < -0.39 is 11.9 Å². The van der Waals surface area contributed by atoms with Crippen molar-refractivity contribution in [3.8, 4) is 28.7 Å². The van der Waals surface area contributed by atoms with Gasteiger partial charge in [0.25, 0.3) is 5.91 Å². The molecule has 0 aliphatic rings. The number of rotatable bonds is 8. The van der Waals surface area contributed by atoms with E-state index in [1.807, 2.05) is 0 Å². The molecule has 2 N–H and O–H groups in total. The molecule has 2 aromatic rings. The highest BCUT2D eigenvalue weighted by Crippen LogP contribution is 2.38. The van der Waals surface area contributed by atoms with Gasteiger partial charge in [0.1, 0.15) is 11.5 Å². The number of esters is 1. The molecule has 0 fully saturated rings. The van der Waals surface area contributed by atoms with Crippen molar-refractivity contribution in [2.75, 3.05) is 28.4 Å². The Balaban J connectivity index is 2.27. The van der Waals surface area contributed by atoms with Gasteiger partial charge in [-0.3, -0.25) is 9.59 Å². The average Bonchev–Trinajstić information content (AvgIpc) is 2.66. The van der Waals surface area contributed by atoms with Crippen molar-refractivity contribution >= 4 is 11.9 Å². The SMILES string of the molecule is COc1ccc(C(N)=O)c(OC(=O)Cc2cc(OC)c(OC)c(OC)c2)c1. The fourth-order valence-corrected chi connectivity index (χ4v) is 2.48. The number of hydrogen-bond donors (Lipinski definition) is 1. The Hall–Kier alpha value is -3.42. The Morgan fingerprint density at radius 1 is 0.852 bits per heavy atom. The molecule has 0 heterocycles. The molecular formula is C19H21NO7. The monoisotopic (exact) mass is 375 g/mol. The maximum Gasteiger partial charge on any atom is 0.315 e. The molecule has 0 saturated heterocycles. The van der Waals surface area contributed by atoms with Crippen LogP contribution >= 0.6 is 0 Å². The largest absolute Gasteiger partial charge is 0.497 e. The molecule has 0 saturated carbocycles. The molecular weight excluding hydrogens is 354 g/mol. The van der Waals surface area contributed by atoms with E-state index in [0.29, 0.717) is 28.6 Å². The molecule has 2 rings (SSSR count). The van der Waals surface area contributed by atoms with Crippen molar-refractivity contribution in [1.29, 1.82) is 0 Å². The van der Waals surface area contributed by atoms with Gasteiger partial charge in [0.2, 0.25) is 5.75 Å². The standard InChI is InChI=1S/C19H21NO7/c1-23-12-5-6-13(19(20)22)14(10-12)27-17(21)9-11-7-15(24-2)18(26-4)16(8-11)25-3/h5-8,10H,9H2,1-4H3,(H2,20,22). The smallest absolute Gasteiger partial charge is 0.315 e. The van der Waals surface area contributed by atoms with Crippen molar-refractivity contribution in [3.63, 3.8) is 0 Å². The van der Waals surface area contributed by atoms with E-state index >= 15 is 0 Å². The maximum absolute atomic E-state index is 12.4. The van der Waals surface area contributed by atoms with Gasteiger partial charge in [0.05, 0.1) is 40.4 Å². The molecule has 1 amide bonds. The first-order chi connectivity index (χ1) is 12.9. The number of methoxy groups -OCH3 is 4. The van der Waals surface area contributed by atoms with E-state index in [2.05, 4.69) is 0 Å². The van der Waals surface area contributed by atoms with Crippen molar-refractivity contribution in [2.45, 2.75) is 6.42 Å². The second-order valence-electron chi connectivity index (χ2n) is 5.41. The Kier molecular flexibility index (Phi) is 6.48. The molecule has 2 aromatic carbocycles. The lowest BCUT2D eigenvalue weighted by Crippen LogP contribution is -2.17. The fourth-order valence-electron chi connectivity index (χ4n) is 2.48. The van der Waals surface area contributed by atoms with Gasteiger partial charge in [0.15, 0.2) is 11.5 Å². The summed E-state index contributed by atoms with van der Waals surface area (Å²) in [6, 6.07) is 7.69. The third kappa shape index (κ3) is 4.60. The molecule has 0 bridgehead atoms. The molecule has 144 valence electrons. The first-order valence-corrected chi connectivity index (χ1v) is 7.90. The summed E-state index contributed by atoms with van der Waals surface area (Å²) >= 11 is 0. The van der Waals surface area contributed by atoms with Gasteiger partial charge in [-0.05, 0) is 29.8 Å². The number of ether oxygens (including phenoxy) is 5. The Morgan fingerprint density at radius 3 is 1.96 bits per heavy atom. The van der Waals surface area contributed by atoms with E-state index in [9.17, 15) is 9.59 Å². The van der Waals surface area contributed by atoms with Gasteiger partial charge in [-0.25, -0.2) is 0 Å².